The van der Waals surface area contributed by atoms with Gasteiger partial charge in [0, 0.05) is 17.8 Å². The molecule has 0 radical (unpaired) electrons. The average Bonchev–Trinajstić information content (AvgIpc) is 2.85. The van der Waals surface area contributed by atoms with E-state index in [1.54, 1.807) is 12.1 Å². The van der Waals surface area contributed by atoms with Crippen LogP contribution in [0.15, 0.2) is 23.1 Å². The molecule has 1 aromatic carbocycles. The topological polar surface area (TPSA) is 58.2 Å². The molecule has 0 spiro atoms. The Kier molecular flexibility index (Phi) is 3.50. The van der Waals surface area contributed by atoms with Gasteiger partial charge in [0.1, 0.15) is 0 Å². The molecule has 0 unspecified atom stereocenters. The lowest BCUT2D eigenvalue weighted by atomic mass is 9.84. The highest BCUT2D eigenvalue weighted by Crippen LogP contribution is 2.30. The van der Waals surface area contributed by atoms with Crippen LogP contribution in [-0.2, 0) is 16.4 Å². The van der Waals surface area contributed by atoms with Gasteiger partial charge in [0.25, 0.3) is 0 Å². The predicted octanol–water partition coefficient (Wildman–Crippen LogP) is 2.66. The minimum absolute atomic E-state index is 0.288. The molecule has 3 rings (SSSR count). The first kappa shape index (κ1) is 13.9. The molecule has 0 bridgehead atoms. The Morgan fingerprint density at radius 3 is 2.70 bits per heavy atom. The molecule has 5 heteroatoms. The van der Waals surface area contributed by atoms with Gasteiger partial charge in [-0.1, -0.05) is 25.3 Å². The van der Waals surface area contributed by atoms with E-state index in [4.69, 9.17) is 0 Å². The number of benzene rings is 1. The van der Waals surface area contributed by atoms with E-state index in [-0.39, 0.29) is 5.54 Å². The molecular formula is C15H22N2O2S. The van der Waals surface area contributed by atoms with E-state index in [0.717, 1.165) is 44.3 Å². The van der Waals surface area contributed by atoms with Crippen LogP contribution in [-0.4, -0.2) is 20.5 Å². The van der Waals surface area contributed by atoms with E-state index in [0.29, 0.717) is 4.90 Å². The lowest BCUT2D eigenvalue weighted by Crippen LogP contribution is -2.47. The number of fused-ring (bicyclic) bond motifs is 1. The van der Waals surface area contributed by atoms with Crippen LogP contribution < -0.4 is 10.0 Å². The minimum atomic E-state index is -3.43. The third-order valence-electron chi connectivity index (χ3n) is 4.44. The second kappa shape index (κ2) is 5.04. The Balaban J connectivity index is 1.84. The third kappa shape index (κ3) is 2.69. The molecular weight excluding hydrogens is 272 g/mol. The number of hydrogen-bond donors (Lipinski definition) is 2. The van der Waals surface area contributed by atoms with Gasteiger partial charge in [0.05, 0.1) is 4.90 Å². The summed E-state index contributed by atoms with van der Waals surface area (Å²) in [5.74, 6) is 0. The van der Waals surface area contributed by atoms with Gasteiger partial charge in [0.2, 0.25) is 10.0 Å². The Hall–Kier alpha value is -1.07. The fourth-order valence-electron chi connectivity index (χ4n) is 3.25. The Morgan fingerprint density at radius 1 is 1.20 bits per heavy atom. The highest BCUT2D eigenvalue weighted by molar-refractivity contribution is 7.89. The van der Waals surface area contributed by atoms with Crippen LogP contribution >= 0.6 is 0 Å². The molecule has 1 heterocycles. The third-order valence-corrected chi connectivity index (χ3v) is 6.08. The summed E-state index contributed by atoms with van der Waals surface area (Å²) < 4.78 is 28.1. The maximum absolute atomic E-state index is 12.6. The van der Waals surface area contributed by atoms with Gasteiger partial charge < -0.3 is 5.32 Å². The van der Waals surface area contributed by atoms with Crippen molar-refractivity contribution in [1.29, 1.82) is 0 Å². The van der Waals surface area contributed by atoms with Crippen molar-refractivity contribution >= 4 is 15.7 Å². The fourth-order valence-corrected chi connectivity index (χ4v) is 4.75. The molecule has 1 fully saturated rings. The van der Waals surface area contributed by atoms with Crippen molar-refractivity contribution in [2.75, 3.05) is 11.9 Å². The van der Waals surface area contributed by atoms with Crippen LogP contribution in [0.2, 0.25) is 0 Å². The van der Waals surface area contributed by atoms with Gasteiger partial charge in [-0.15, -0.1) is 0 Å². The lowest BCUT2D eigenvalue weighted by Gasteiger charge is -2.34. The second-order valence-corrected chi connectivity index (χ2v) is 7.90. The monoisotopic (exact) mass is 294 g/mol. The van der Waals surface area contributed by atoms with Crippen molar-refractivity contribution in [1.82, 2.24) is 4.72 Å². The van der Waals surface area contributed by atoms with Crippen LogP contribution in [0.3, 0.4) is 0 Å². The molecule has 0 atom stereocenters. The maximum Gasteiger partial charge on any atom is 0.241 e. The van der Waals surface area contributed by atoms with Crippen LogP contribution in [0.4, 0.5) is 5.69 Å². The number of rotatable bonds is 3. The Morgan fingerprint density at radius 2 is 1.95 bits per heavy atom. The molecule has 1 aliphatic carbocycles. The van der Waals surface area contributed by atoms with Crippen molar-refractivity contribution in [2.45, 2.75) is 55.9 Å². The predicted molar refractivity (Wildman–Crippen MR) is 80.4 cm³/mol. The number of hydrogen-bond acceptors (Lipinski definition) is 3. The summed E-state index contributed by atoms with van der Waals surface area (Å²) in [5, 5.41) is 3.23. The van der Waals surface area contributed by atoms with Crippen LogP contribution in [0.1, 0.15) is 44.6 Å². The summed E-state index contributed by atoms with van der Waals surface area (Å²) in [5.41, 5.74) is 1.87. The molecule has 1 saturated carbocycles. The van der Waals surface area contributed by atoms with Crippen molar-refractivity contribution in [2.24, 2.45) is 0 Å². The molecule has 0 amide bonds. The SMILES string of the molecule is CC1(NS(=O)(=O)c2ccc3c(c2)NCC3)CCCCC1. The standard InChI is InChI=1S/C15H22N2O2S/c1-15(8-3-2-4-9-15)17-20(18,19)13-6-5-12-7-10-16-14(12)11-13/h5-6,11,16-17H,2-4,7-10H2,1H3. The average molecular weight is 294 g/mol. The molecule has 0 saturated heterocycles. The zero-order chi connectivity index (χ0) is 14.2. The smallest absolute Gasteiger partial charge is 0.241 e. The zero-order valence-corrected chi connectivity index (χ0v) is 12.7. The first-order valence-electron chi connectivity index (χ1n) is 7.39. The molecule has 4 nitrogen and oxygen atoms in total. The fraction of sp³-hybridized carbons (Fsp3) is 0.600. The molecule has 2 aliphatic rings. The van der Waals surface area contributed by atoms with Gasteiger partial charge in [-0.3, -0.25) is 0 Å². The molecule has 110 valence electrons. The van der Waals surface area contributed by atoms with Gasteiger partial charge in [-0.2, -0.15) is 0 Å². The normalized spacial score (nSPS) is 21.2. The quantitative estimate of drug-likeness (QED) is 0.901. The van der Waals surface area contributed by atoms with Crippen molar-refractivity contribution < 1.29 is 8.42 Å². The molecule has 20 heavy (non-hydrogen) atoms. The van der Waals surface area contributed by atoms with Gasteiger partial charge in [0.15, 0.2) is 0 Å². The van der Waals surface area contributed by atoms with Crippen molar-refractivity contribution in [3.05, 3.63) is 23.8 Å². The summed E-state index contributed by atoms with van der Waals surface area (Å²) in [4.78, 5) is 0.373. The Labute approximate surface area is 121 Å². The minimum Gasteiger partial charge on any atom is -0.384 e. The van der Waals surface area contributed by atoms with Crippen molar-refractivity contribution in [3.63, 3.8) is 0 Å². The molecule has 1 aliphatic heterocycles. The molecule has 2 N–H and O–H groups in total. The summed E-state index contributed by atoms with van der Waals surface area (Å²) in [7, 11) is -3.43. The van der Waals surface area contributed by atoms with Crippen molar-refractivity contribution in [3.8, 4) is 0 Å². The number of anilines is 1. The van der Waals surface area contributed by atoms with E-state index in [9.17, 15) is 8.42 Å². The van der Waals surface area contributed by atoms with E-state index in [1.165, 1.54) is 12.0 Å². The Bertz CT molecular complexity index is 604. The van der Waals surface area contributed by atoms with Gasteiger partial charge in [-0.25, -0.2) is 13.1 Å². The zero-order valence-electron chi connectivity index (χ0n) is 11.9. The number of sulfonamides is 1. The molecule has 0 aromatic heterocycles. The van der Waals surface area contributed by atoms with Crippen LogP contribution in [0.5, 0.6) is 0 Å². The van der Waals surface area contributed by atoms with Crippen LogP contribution in [0, 0.1) is 0 Å². The first-order valence-corrected chi connectivity index (χ1v) is 8.88. The lowest BCUT2D eigenvalue weighted by molar-refractivity contribution is 0.294. The summed E-state index contributed by atoms with van der Waals surface area (Å²) in [6.07, 6.45) is 6.24. The summed E-state index contributed by atoms with van der Waals surface area (Å²) in [6.45, 7) is 2.92. The maximum atomic E-state index is 12.6. The summed E-state index contributed by atoms with van der Waals surface area (Å²) in [6, 6.07) is 5.41. The largest absolute Gasteiger partial charge is 0.384 e. The highest BCUT2D eigenvalue weighted by atomic mass is 32.2. The van der Waals surface area contributed by atoms with E-state index in [1.807, 2.05) is 13.0 Å². The molecule has 1 aromatic rings. The van der Waals surface area contributed by atoms with Crippen LogP contribution in [0.25, 0.3) is 0 Å². The van der Waals surface area contributed by atoms with E-state index in [2.05, 4.69) is 10.0 Å². The van der Waals surface area contributed by atoms with Gasteiger partial charge >= 0.3 is 0 Å². The van der Waals surface area contributed by atoms with E-state index < -0.39 is 10.0 Å². The van der Waals surface area contributed by atoms with Gasteiger partial charge in [-0.05, 0) is 43.9 Å². The summed E-state index contributed by atoms with van der Waals surface area (Å²) >= 11 is 0. The second-order valence-electron chi connectivity index (χ2n) is 6.22. The number of nitrogens with one attached hydrogen (secondary N) is 2. The van der Waals surface area contributed by atoms with E-state index >= 15 is 0 Å². The highest BCUT2D eigenvalue weighted by Gasteiger charge is 2.32. The first-order chi connectivity index (χ1) is 9.49.